The number of pyridine rings is 1. The van der Waals surface area contributed by atoms with E-state index in [1.807, 2.05) is 35.9 Å². The van der Waals surface area contributed by atoms with Crippen LogP contribution in [0, 0.1) is 12.7 Å². The normalized spacial score (nSPS) is 11.1. The maximum Gasteiger partial charge on any atom is 0.273 e. The molecule has 1 amide bonds. The number of carbonyl (C=O) groups excluding carboxylic acids is 1. The van der Waals surface area contributed by atoms with Crippen LogP contribution in [-0.2, 0) is 13.1 Å². The molecular weight excluding hydrogens is 383 g/mol. The highest BCUT2D eigenvalue weighted by atomic mass is 35.5. The molecule has 7 nitrogen and oxygen atoms in total. The second-order valence-corrected chi connectivity index (χ2v) is 6.83. The van der Waals surface area contributed by atoms with E-state index in [1.165, 1.54) is 23.0 Å². The molecule has 0 fully saturated rings. The molecule has 0 atom stereocenters. The van der Waals surface area contributed by atoms with Crippen molar-refractivity contribution in [3.63, 3.8) is 0 Å². The first-order chi connectivity index (χ1) is 13.5. The summed E-state index contributed by atoms with van der Waals surface area (Å²) in [6.07, 6.45) is 5.36. The molecule has 0 aliphatic rings. The van der Waals surface area contributed by atoms with Crippen LogP contribution in [0.4, 0.5) is 4.39 Å². The fourth-order valence-corrected chi connectivity index (χ4v) is 3.03. The minimum absolute atomic E-state index is 0.179. The van der Waals surface area contributed by atoms with Gasteiger partial charge in [-0.3, -0.25) is 4.79 Å². The molecule has 28 heavy (non-hydrogen) atoms. The molecule has 0 saturated heterocycles. The summed E-state index contributed by atoms with van der Waals surface area (Å²) in [5.74, 6) is -0.765. The second-order valence-electron chi connectivity index (χ2n) is 6.42. The molecule has 4 rings (SSSR count). The average molecular weight is 399 g/mol. The lowest BCUT2D eigenvalue weighted by atomic mass is 10.2. The molecule has 0 unspecified atom stereocenters. The number of fused-ring (bicyclic) bond motifs is 1. The molecular formula is C19H16ClFN6O. The van der Waals surface area contributed by atoms with Gasteiger partial charge < -0.3 is 9.72 Å². The maximum atomic E-state index is 13.1. The Hall–Kier alpha value is -3.26. The van der Waals surface area contributed by atoms with Crippen molar-refractivity contribution in [2.24, 2.45) is 0 Å². The van der Waals surface area contributed by atoms with Crippen molar-refractivity contribution in [3.8, 4) is 0 Å². The zero-order valence-electron chi connectivity index (χ0n) is 14.9. The van der Waals surface area contributed by atoms with Gasteiger partial charge in [0.1, 0.15) is 11.5 Å². The van der Waals surface area contributed by atoms with E-state index in [2.05, 4.69) is 20.6 Å². The molecule has 142 valence electrons. The van der Waals surface area contributed by atoms with Crippen LogP contribution in [0.1, 0.15) is 27.3 Å². The minimum Gasteiger partial charge on any atom is -0.345 e. The summed E-state index contributed by atoms with van der Waals surface area (Å²) in [5, 5.41) is 10.9. The van der Waals surface area contributed by atoms with Crippen molar-refractivity contribution in [2.45, 2.75) is 20.0 Å². The summed E-state index contributed by atoms with van der Waals surface area (Å²) >= 11 is 6.02. The Balaban J connectivity index is 1.41. The van der Waals surface area contributed by atoms with Crippen LogP contribution in [0.15, 0.2) is 48.9 Å². The lowest BCUT2D eigenvalue weighted by molar-refractivity contribution is 0.0945. The van der Waals surface area contributed by atoms with Crippen molar-refractivity contribution in [1.29, 1.82) is 0 Å². The Bertz CT molecular complexity index is 1170. The van der Waals surface area contributed by atoms with Crippen LogP contribution in [-0.4, -0.2) is 30.3 Å². The molecule has 0 aliphatic carbocycles. The lowest BCUT2D eigenvalue weighted by Crippen LogP contribution is -2.23. The molecule has 3 heterocycles. The number of aryl methyl sites for hydroxylation is 1. The number of hydrogen-bond donors (Lipinski definition) is 1. The van der Waals surface area contributed by atoms with Gasteiger partial charge in [-0.15, -0.1) is 5.10 Å². The summed E-state index contributed by atoms with van der Waals surface area (Å²) in [4.78, 5) is 16.8. The fraction of sp³-hybridized carbons (Fsp3) is 0.158. The number of imidazole rings is 1. The standard InChI is InChI=1S/C19H16ClFN6O/c1-12-2-5-18-23-15(10-26(18)8-12)7-22-19(28)17-11-27(25-24-17)9-13-3-4-14(21)6-16(13)20/h2-6,8,10-11H,7,9H2,1H3,(H,22,28). The Morgan fingerprint density at radius 3 is 2.89 bits per heavy atom. The van der Waals surface area contributed by atoms with Crippen molar-refractivity contribution in [3.05, 3.63) is 82.3 Å². The van der Waals surface area contributed by atoms with E-state index in [0.29, 0.717) is 10.6 Å². The Kier molecular flexibility index (Phi) is 4.79. The van der Waals surface area contributed by atoms with E-state index in [4.69, 9.17) is 11.6 Å². The van der Waals surface area contributed by atoms with Gasteiger partial charge in [0.25, 0.3) is 5.91 Å². The van der Waals surface area contributed by atoms with Crippen LogP contribution in [0.25, 0.3) is 5.65 Å². The van der Waals surface area contributed by atoms with Crippen LogP contribution in [0.2, 0.25) is 5.02 Å². The Morgan fingerprint density at radius 2 is 2.07 bits per heavy atom. The topological polar surface area (TPSA) is 77.1 Å². The molecule has 4 aromatic rings. The highest BCUT2D eigenvalue weighted by Gasteiger charge is 2.12. The number of carbonyl (C=O) groups is 1. The Morgan fingerprint density at radius 1 is 1.21 bits per heavy atom. The largest absolute Gasteiger partial charge is 0.345 e. The van der Waals surface area contributed by atoms with Gasteiger partial charge in [-0.2, -0.15) is 0 Å². The number of aromatic nitrogens is 5. The summed E-state index contributed by atoms with van der Waals surface area (Å²) in [5.41, 5.74) is 3.54. The van der Waals surface area contributed by atoms with Crippen LogP contribution in [0.3, 0.4) is 0 Å². The first kappa shape index (κ1) is 18.1. The van der Waals surface area contributed by atoms with E-state index in [0.717, 1.165) is 16.9 Å². The number of benzene rings is 1. The third-order valence-corrected chi connectivity index (χ3v) is 4.55. The predicted octanol–water partition coefficient (Wildman–Crippen LogP) is 3.01. The molecule has 0 bridgehead atoms. The number of nitrogens with one attached hydrogen (secondary N) is 1. The molecule has 0 saturated carbocycles. The lowest BCUT2D eigenvalue weighted by Gasteiger charge is -2.03. The second kappa shape index (κ2) is 7.40. The SMILES string of the molecule is Cc1ccc2nc(CNC(=O)c3cn(Cc4ccc(F)cc4Cl)nn3)cn2c1. The smallest absolute Gasteiger partial charge is 0.273 e. The van der Waals surface area contributed by atoms with Gasteiger partial charge in [-0.1, -0.05) is 28.9 Å². The number of amides is 1. The summed E-state index contributed by atoms with van der Waals surface area (Å²) in [7, 11) is 0. The van der Waals surface area contributed by atoms with E-state index in [9.17, 15) is 9.18 Å². The average Bonchev–Trinajstić information content (AvgIpc) is 3.28. The van der Waals surface area contributed by atoms with Crippen LogP contribution < -0.4 is 5.32 Å². The van der Waals surface area contributed by atoms with Gasteiger partial charge in [-0.25, -0.2) is 14.1 Å². The number of hydrogen-bond acceptors (Lipinski definition) is 4. The van der Waals surface area contributed by atoms with Crippen LogP contribution in [0.5, 0.6) is 0 Å². The Labute approximate surface area is 164 Å². The predicted molar refractivity (Wildman–Crippen MR) is 102 cm³/mol. The van der Waals surface area contributed by atoms with Gasteiger partial charge >= 0.3 is 0 Å². The van der Waals surface area contributed by atoms with E-state index in [1.54, 1.807) is 6.07 Å². The zero-order chi connectivity index (χ0) is 19.7. The molecule has 9 heteroatoms. The van der Waals surface area contributed by atoms with Gasteiger partial charge in [-0.05, 0) is 36.2 Å². The monoisotopic (exact) mass is 398 g/mol. The third kappa shape index (κ3) is 3.86. The highest BCUT2D eigenvalue weighted by Crippen LogP contribution is 2.18. The van der Waals surface area contributed by atoms with E-state index < -0.39 is 5.82 Å². The van der Waals surface area contributed by atoms with Crippen molar-refractivity contribution < 1.29 is 9.18 Å². The van der Waals surface area contributed by atoms with Gasteiger partial charge in [0.05, 0.1) is 25.0 Å². The van der Waals surface area contributed by atoms with Gasteiger partial charge in [0.2, 0.25) is 0 Å². The minimum atomic E-state index is -0.408. The molecule has 1 aromatic carbocycles. The highest BCUT2D eigenvalue weighted by molar-refractivity contribution is 6.31. The molecule has 3 aromatic heterocycles. The van der Waals surface area contributed by atoms with Gasteiger partial charge in [0.15, 0.2) is 5.69 Å². The number of rotatable bonds is 5. The van der Waals surface area contributed by atoms with E-state index in [-0.39, 0.29) is 24.7 Å². The van der Waals surface area contributed by atoms with Crippen molar-refractivity contribution >= 4 is 23.2 Å². The fourth-order valence-electron chi connectivity index (χ4n) is 2.81. The van der Waals surface area contributed by atoms with E-state index >= 15 is 0 Å². The summed E-state index contributed by atoms with van der Waals surface area (Å²) < 4.78 is 16.5. The third-order valence-electron chi connectivity index (χ3n) is 4.20. The molecule has 0 spiro atoms. The van der Waals surface area contributed by atoms with Crippen LogP contribution >= 0.6 is 11.6 Å². The molecule has 0 radical (unpaired) electrons. The summed E-state index contributed by atoms with van der Waals surface area (Å²) in [6.45, 7) is 2.56. The molecule has 0 aliphatic heterocycles. The number of nitrogens with zero attached hydrogens (tertiary/aromatic N) is 5. The quantitative estimate of drug-likeness (QED) is 0.560. The first-order valence-corrected chi connectivity index (χ1v) is 8.92. The number of halogens is 2. The zero-order valence-corrected chi connectivity index (χ0v) is 15.7. The maximum absolute atomic E-state index is 13.1. The first-order valence-electron chi connectivity index (χ1n) is 8.54. The summed E-state index contributed by atoms with van der Waals surface area (Å²) in [6, 6.07) is 8.04. The van der Waals surface area contributed by atoms with Crippen molar-refractivity contribution in [2.75, 3.05) is 0 Å². The molecule has 1 N–H and O–H groups in total. The van der Waals surface area contributed by atoms with Crippen molar-refractivity contribution in [1.82, 2.24) is 29.7 Å². The van der Waals surface area contributed by atoms with Gasteiger partial charge in [0, 0.05) is 17.4 Å².